The van der Waals surface area contributed by atoms with Crippen LogP contribution in [0.25, 0.3) is 10.2 Å². The van der Waals surface area contributed by atoms with Crippen molar-refractivity contribution in [3.63, 3.8) is 0 Å². The highest BCUT2D eigenvalue weighted by Gasteiger charge is 2.47. The summed E-state index contributed by atoms with van der Waals surface area (Å²) >= 11 is 1.30. The smallest absolute Gasteiger partial charge is 0.335 e. The first kappa shape index (κ1) is 14.1. The zero-order chi connectivity index (χ0) is 16.0. The number of nitrogens with zero attached hydrogens (tertiary/aromatic N) is 3. The minimum Gasteiger partial charge on any atom is -0.369 e. The van der Waals surface area contributed by atoms with Gasteiger partial charge in [-0.25, -0.2) is 14.7 Å². The number of aliphatic hydroxyl groups excluding tert-OH is 2. The minimum atomic E-state index is -1.37. The number of urea groups is 1. The number of thiazole rings is 1. The van der Waals surface area contributed by atoms with E-state index in [1.165, 1.54) is 11.3 Å². The first-order valence-electron chi connectivity index (χ1n) is 7.06. The van der Waals surface area contributed by atoms with E-state index in [4.69, 9.17) is 0 Å². The number of hydrogen-bond donors (Lipinski definition) is 2. The number of benzene rings is 2. The summed E-state index contributed by atoms with van der Waals surface area (Å²) in [6.07, 6.45) is -2.72. The van der Waals surface area contributed by atoms with Gasteiger partial charge in [0.2, 0.25) is 0 Å². The van der Waals surface area contributed by atoms with E-state index in [0.29, 0.717) is 10.8 Å². The summed E-state index contributed by atoms with van der Waals surface area (Å²) in [5, 5.41) is 21.0. The number of para-hydroxylation sites is 2. The molecule has 6 nitrogen and oxygen atoms in total. The lowest BCUT2D eigenvalue weighted by molar-refractivity contribution is 0.0460. The second-order valence-electron chi connectivity index (χ2n) is 5.15. The van der Waals surface area contributed by atoms with Crippen LogP contribution >= 0.6 is 11.3 Å². The average Bonchev–Trinajstić information content (AvgIpc) is 3.07. The zero-order valence-electron chi connectivity index (χ0n) is 11.9. The van der Waals surface area contributed by atoms with Crippen LogP contribution in [0.3, 0.4) is 0 Å². The maximum Gasteiger partial charge on any atom is 0.335 e. The SMILES string of the molecule is O=C1N(c2ccccc2)[C@H](O)[C@@H](O)N1c1nc2ccccc2s1. The lowest BCUT2D eigenvalue weighted by Crippen LogP contribution is -2.37. The number of amides is 2. The Labute approximate surface area is 135 Å². The van der Waals surface area contributed by atoms with Crippen LogP contribution in [-0.4, -0.2) is 33.7 Å². The normalized spacial score (nSPS) is 21.4. The average molecular weight is 327 g/mol. The molecular weight excluding hydrogens is 314 g/mol. The van der Waals surface area contributed by atoms with Gasteiger partial charge in [0.1, 0.15) is 0 Å². The predicted octanol–water partition coefficient (Wildman–Crippen LogP) is 2.38. The largest absolute Gasteiger partial charge is 0.369 e. The third kappa shape index (κ3) is 2.17. The highest BCUT2D eigenvalue weighted by molar-refractivity contribution is 7.22. The highest BCUT2D eigenvalue weighted by atomic mass is 32.1. The van der Waals surface area contributed by atoms with Crippen molar-refractivity contribution < 1.29 is 15.0 Å². The van der Waals surface area contributed by atoms with Crippen LogP contribution < -0.4 is 9.80 Å². The van der Waals surface area contributed by atoms with Crippen molar-refractivity contribution >= 4 is 38.4 Å². The molecule has 2 amide bonds. The molecule has 0 radical (unpaired) electrons. The number of carbonyl (C=O) groups is 1. The first-order valence-corrected chi connectivity index (χ1v) is 7.87. The van der Waals surface area contributed by atoms with Gasteiger partial charge in [0.25, 0.3) is 0 Å². The summed E-state index contributed by atoms with van der Waals surface area (Å²) in [5.41, 5.74) is 1.27. The van der Waals surface area contributed by atoms with Crippen molar-refractivity contribution in [2.45, 2.75) is 12.5 Å². The van der Waals surface area contributed by atoms with E-state index in [1.807, 2.05) is 30.3 Å². The number of hydrogen-bond acceptors (Lipinski definition) is 5. The van der Waals surface area contributed by atoms with E-state index >= 15 is 0 Å². The maximum atomic E-state index is 12.7. The summed E-state index contributed by atoms with van der Waals surface area (Å²) < 4.78 is 0.912. The number of rotatable bonds is 2. The molecule has 0 saturated carbocycles. The van der Waals surface area contributed by atoms with E-state index < -0.39 is 18.5 Å². The number of fused-ring (bicyclic) bond motifs is 1. The van der Waals surface area contributed by atoms with Crippen LogP contribution in [0.2, 0.25) is 0 Å². The maximum absolute atomic E-state index is 12.7. The van der Waals surface area contributed by atoms with Crippen molar-refractivity contribution in [1.29, 1.82) is 0 Å². The van der Waals surface area contributed by atoms with Gasteiger partial charge >= 0.3 is 6.03 Å². The summed E-state index contributed by atoms with van der Waals surface area (Å²) in [4.78, 5) is 19.4. The third-order valence-electron chi connectivity index (χ3n) is 3.73. The number of anilines is 2. The topological polar surface area (TPSA) is 76.9 Å². The molecule has 1 saturated heterocycles. The van der Waals surface area contributed by atoms with Gasteiger partial charge in [-0.3, -0.25) is 4.90 Å². The fourth-order valence-corrected chi connectivity index (χ4v) is 3.61. The van der Waals surface area contributed by atoms with Crippen LogP contribution in [-0.2, 0) is 0 Å². The van der Waals surface area contributed by atoms with Gasteiger partial charge in [-0.1, -0.05) is 41.7 Å². The molecule has 2 aromatic carbocycles. The van der Waals surface area contributed by atoms with Gasteiger partial charge in [-0.05, 0) is 24.3 Å². The highest BCUT2D eigenvalue weighted by Crippen LogP contribution is 2.35. The van der Waals surface area contributed by atoms with Gasteiger partial charge in [0.05, 0.1) is 10.2 Å². The van der Waals surface area contributed by atoms with Gasteiger partial charge < -0.3 is 10.2 Å². The van der Waals surface area contributed by atoms with E-state index in [2.05, 4.69) is 4.98 Å². The van der Waals surface area contributed by atoms with E-state index in [9.17, 15) is 15.0 Å². The van der Waals surface area contributed by atoms with Gasteiger partial charge in [-0.15, -0.1) is 0 Å². The lowest BCUT2D eigenvalue weighted by Gasteiger charge is -2.18. The Morgan fingerprint density at radius 1 is 0.913 bits per heavy atom. The van der Waals surface area contributed by atoms with E-state index in [1.54, 1.807) is 24.3 Å². The van der Waals surface area contributed by atoms with Crippen LogP contribution in [0.5, 0.6) is 0 Å². The Kier molecular flexibility index (Phi) is 3.26. The van der Waals surface area contributed by atoms with Crippen LogP contribution in [0.4, 0.5) is 15.6 Å². The molecular formula is C16H13N3O3S. The minimum absolute atomic E-state index is 0.362. The standard InChI is InChI=1S/C16H13N3O3S/c20-13-14(21)19(15-17-11-8-4-5-9-12(11)23-15)16(22)18(13)10-6-2-1-3-7-10/h1-9,13-14,20-21H/t13-,14-/m1/s1. The number of aliphatic hydroxyl groups is 2. The summed E-state index contributed by atoms with van der Waals surface area (Å²) in [6.45, 7) is 0. The second kappa shape index (κ2) is 5.31. The second-order valence-corrected chi connectivity index (χ2v) is 6.16. The van der Waals surface area contributed by atoms with E-state index in [0.717, 1.165) is 20.0 Å². The van der Waals surface area contributed by atoms with Crippen molar-refractivity contribution in [3.05, 3.63) is 54.6 Å². The fraction of sp³-hybridized carbons (Fsp3) is 0.125. The Hall–Kier alpha value is -2.48. The zero-order valence-corrected chi connectivity index (χ0v) is 12.7. The van der Waals surface area contributed by atoms with Crippen LogP contribution in [0, 0.1) is 0 Å². The fourth-order valence-electron chi connectivity index (χ4n) is 2.62. The molecule has 0 spiro atoms. The molecule has 7 heteroatoms. The molecule has 23 heavy (non-hydrogen) atoms. The molecule has 1 aromatic heterocycles. The van der Waals surface area contributed by atoms with Crippen molar-refractivity contribution in [2.75, 3.05) is 9.80 Å². The molecule has 0 unspecified atom stereocenters. The molecule has 2 atom stereocenters. The molecule has 0 aliphatic carbocycles. The van der Waals surface area contributed by atoms with Crippen molar-refractivity contribution in [2.24, 2.45) is 0 Å². The van der Waals surface area contributed by atoms with E-state index in [-0.39, 0.29) is 0 Å². The van der Waals surface area contributed by atoms with Gasteiger partial charge in [0.15, 0.2) is 17.6 Å². The first-order chi connectivity index (χ1) is 11.2. The number of aromatic nitrogens is 1. The Balaban J connectivity index is 1.76. The predicted molar refractivity (Wildman–Crippen MR) is 88.4 cm³/mol. The molecule has 4 rings (SSSR count). The molecule has 116 valence electrons. The van der Waals surface area contributed by atoms with Crippen molar-refractivity contribution in [3.8, 4) is 0 Å². The monoisotopic (exact) mass is 327 g/mol. The molecule has 2 heterocycles. The quantitative estimate of drug-likeness (QED) is 0.758. The van der Waals surface area contributed by atoms with Crippen molar-refractivity contribution in [1.82, 2.24) is 4.98 Å². The third-order valence-corrected chi connectivity index (χ3v) is 4.77. The summed E-state index contributed by atoms with van der Waals surface area (Å²) in [6, 6.07) is 15.7. The summed E-state index contributed by atoms with van der Waals surface area (Å²) in [5.74, 6) is 0. The Morgan fingerprint density at radius 2 is 1.57 bits per heavy atom. The molecule has 3 aromatic rings. The van der Waals surface area contributed by atoms with Gasteiger partial charge in [-0.2, -0.15) is 0 Å². The molecule has 0 bridgehead atoms. The molecule has 2 N–H and O–H groups in total. The van der Waals surface area contributed by atoms with Crippen LogP contribution in [0.15, 0.2) is 54.6 Å². The summed E-state index contributed by atoms with van der Waals surface area (Å²) in [7, 11) is 0. The van der Waals surface area contributed by atoms with Gasteiger partial charge in [0, 0.05) is 5.69 Å². The molecule has 1 aliphatic heterocycles. The van der Waals surface area contributed by atoms with Crippen LogP contribution in [0.1, 0.15) is 0 Å². The number of carbonyl (C=O) groups excluding carboxylic acids is 1. The Bertz CT molecular complexity index is 834. The molecule has 1 aliphatic rings. The Morgan fingerprint density at radius 3 is 2.30 bits per heavy atom. The lowest BCUT2D eigenvalue weighted by atomic mass is 10.3. The molecule has 1 fully saturated rings.